The van der Waals surface area contributed by atoms with Crippen LogP contribution >= 0.6 is 11.8 Å². The number of hydrogen-bond acceptors (Lipinski definition) is 6. The van der Waals surface area contributed by atoms with Gasteiger partial charge in [0.05, 0.1) is 0 Å². The Morgan fingerprint density at radius 3 is 2.57 bits per heavy atom. The molecule has 0 bridgehead atoms. The Morgan fingerprint density at radius 2 is 2.00 bits per heavy atom. The summed E-state index contributed by atoms with van der Waals surface area (Å²) >= 11 is 6.08. The van der Waals surface area contributed by atoms with Crippen LogP contribution in [0.4, 0.5) is 16.6 Å². The molecule has 1 aliphatic rings. The van der Waals surface area contributed by atoms with Crippen molar-refractivity contribution in [2.75, 3.05) is 42.0 Å². The van der Waals surface area contributed by atoms with Crippen molar-refractivity contribution in [3.05, 3.63) is 12.3 Å². The summed E-state index contributed by atoms with van der Waals surface area (Å²) in [5.74, 6) is 1.30. The summed E-state index contributed by atoms with van der Waals surface area (Å²) in [6.07, 6.45) is 1.42. The molecule has 8 heteroatoms. The fourth-order valence-electron chi connectivity index (χ4n) is 2.20. The van der Waals surface area contributed by atoms with Crippen LogP contribution in [0.1, 0.15) is 27.7 Å². The van der Waals surface area contributed by atoms with Crippen molar-refractivity contribution < 1.29 is 9.53 Å². The van der Waals surface area contributed by atoms with Gasteiger partial charge in [-0.1, -0.05) is 0 Å². The third-order valence-electron chi connectivity index (χ3n) is 3.37. The van der Waals surface area contributed by atoms with E-state index in [1.807, 2.05) is 32.6 Å². The van der Waals surface area contributed by atoms with Crippen molar-refractivity contribution >= 4 is 29.6 Å². The number of rotatable bonds is 3. The third-order valence-corrected chi connectivity index (χ3v) is 3.78. The Bertz CT molecular complexity index is 541. The fraction of sp³-hybridized carbons (Fsp3) is 0.667. The number of ether oxygens (including phenoxy) is 1. The number of hydrogen-bond donors (Lipinski definition) is 0. The van der Waals surface area contributed by atoms with Crippen molar-refractivity contribution in [2.24, 2.45) is 0 Å². The molecule has 1 aromatic heterocycles. The highest BCUT2D eigenvalue weighted by Gasteiger charge is 2.26. The van der Waals surface area contributed by atoms with E-state index in [0.29, 0.717) is 44.5 Å². The van der Waals surface area contributed by atoms with E-state index in [-0.39, 0.29) is 6.09 Å². The van der Waals surface area contributed by atoms with Crippen molar-refractivity contribution in [1.29, 1.82) is 0 Å². The minimum atomic E-state index is -0.477. The number of carbonyl (C=O) groups is 1. The van der Waals surface area contributed by atoms with Crippen LogP contribution in [0.15, 0.2) is 12.3 Å². The second-order valence-electron chi connectivity index (χ2n) is 6.35. The lowest BCUT2D eigenvalue weighted by Crippen LogP contribution is -2.50. The summed E-state index contributed by atoms with van der Waals surface area (Å²) in [6, 6.07) is 1.77. The van der Waals surface area contributed by atoms with Gasteiger partial charge >= 0.3 is 6.09 Å². The van der Waals surface area contributed by atoms with Gasteiger partial charge in [-0.15, -0.1) is 0 Å². The van der Waals surface area contributed by atoms with Crippen molar-refractivity contribution in [1.82, 2.24) is 14.9 Å². The van der Waals surface area contributed by atoms with Gasteiger partial charge in [0.2, 0.25) is 5.95 Å². The van der Waals surface area contributed by atoms with Crippen LogP contribution in [-0.2, 0) is 4.74 Å². The zero-order valence-corrected chi connectivity index (χ0v) is 14.9. The molecule has 1 aliphatic heterocycles. The first kappa shape index (κ1) is 17.6. The van der Waals surface area contributed by atoms with Crippen LogP contribution in [-0.4, -0.2) is 59.3 Å². The van der Waals surface area contributed by atoms with E-state index < -0.39 is 5.60 Å². The van der Waals surface area contributed by atoms with Gasteiger partial charge in [-0.25, -0.2) is 9.78 Å². The lowest BCUT2D eigenvalue weighted by atomic mass is 10.2. The second kappa shape index (κ2) is 7.21. The number of anilines is 2. The predicted octanol–water partition coefficient (Wildman–Crippen LogP) is 2.51. The van der Waals surface area contributed by atoms with Gasteiger partial charge < -0.3 is 14.5 Å². The summed E-state index contributed by atoms with van der Waals surface area (Å²) in [5.41, 5.74) is -0.477. The Kier molecular flexibility index (Phi) is 5.51. The SMILES string of the molecule is CCN(Cl)c1ccnc(N2CCN(C(=O)OC(C)(C)C)CC2)n1. The number of carbonyl (C=O) groups excluding carboxylic acids is 1. The van der Waals surface area contributed by atoms with Gasteiger partial charge in [-0.05, 0) is 27.7 Å². The summed E-state index contributed by atoms with van der Waals surface area (Å²) in [6.45, 7) is 10.7. The highest BCUT2D eigenvalue weighted by Crippen LogP contribution is 2.18. The van der Waals surface area contributed by atoms with Crippen molar-refractivity contribution in [2.45, 2.75) is 33.3 Å². The fourth-order valence-corrected chi connectivity index (χ4v) is 2.30. The average molecular weight is 342 g/mol. The van der Waals surface area contributed by atoms with Crippen LogP contribution in [0.5, 0.6) is 0 Å². The number of piperazine rings is 1. The second-order valence-corrected chi connectivity index (χ2v) is 6.76. The molecule has 1 fully saturated rings. The summed E-state index contributed by atoms with van der Waals surface area (Å²) in [4.78, 5) is 24.6. The summed E-state index contributed by atoms with van der Waals surface area (Å²) < 4.78 is 6.94. The molecule has 0 aromatic carbocycles. The molecule has 0 saturated carbocycles. The van der Waals surface area contributed by atoms with Crippen LogP contribution < -0.4 is 9.32 Å². The van der Waals surface area contributed by atoms with E-state index in [1.54, 1.807) is 21.6 Å². The monoisotopic (exact) mass is 341 g/mol. The maximum atomic E-state index is 12.1. The minimum absolute atomic E-state index is 0.273. The molecule has 1 aromatic rings. The van der Waals surface area contributed by atoms with Gasteiger partial charge in [-0.2, -0.15) is 4.98 Å². The molecular formula is C15H24ClN5O2. The number of nitrogens with zero attached hydrogens (tertiary/aromatic N) is 5. The smallest absolute Gasteiger partial charge is 0.410 e. The number of aromatic nitrogens is 2. The molecule has 0 radical (unpaired) electrons. The molecule has 7 nitrogen and oxygen atoms in total. The van der Waals surface area contributed by atoms with E-state index in [1.165, 1.54) is 0 Å². The molecule has 0 atom stereocenters. The van der Waals surface area contributed by atoms with E-state index >= 15 is 0 Å². The van der Waals surface area contributed by atoms with Crippen LogP contribution in [0.25, 0.3) is 0 Å². The third kappa shape index (κ3) is 4.86. The summed E-state index contributed by atoms with van der Waals surface area (Å²) in [5, 5.41) is 0. The first-order valence-electron chi connectivity index (χ1n) is 7.79. The summed E-state index contributed by atoms with van der Waals surface area (Å²) in [7, 11) is 0. The Labute approximate surface area is 142 Å². The molecule has 0 aliphatic carbocycles. The predicted molar refractivity (Wildman–Crippen MR) is 90.9 cm³/mol. The number of halogens is 1. The molecule has 128 valence electrons. The molecule has 2 rings (SSSR count). The van der Waals surface area contributed by atoms with Crippen molar-refractivity contribution in [3.8, 4) is 0 Å². The van der Waals surface area contributed by atoms with Gasteiger partial charge in [-0.3, -0.25) is 4.42 Å². The standard InChI is InChI=1S/C15H24ClN5O2/c1-5-21(16)12-6-7-17-13(18-12)19-8-10-20(11-9-19)14(22)23-15(2,3)4/h6-7H,5,8-11H2,1-4H3. The molecule has 1 amide bonds. The highest BCUT2D eigenvalue weighted by molar-refractivity contribution is 6.25. The molecule has 0 N–H and O–H groups in total. The Morgan fingerprint density at radius 1 is 1.35 bits per heavy atom. The maximum Gasteiger partial charge on any atom is 0.410 e. The first-order valence-corrected chi connectivity index (χ1v) is 8.13. The van der Waals surface area contributed by atoms with E-state index in [0.717, 1.165) is 0 Å². The van der Waals surface area contributed by atoms with Gasteiger partial charge in [0.1, 0.15) is 11.4 Å². The van der Waals surface area contributed by atoms with E-state index in [9.17, 15) is 4.79 Å². The van der Waals surface area contributed by atoms with Gasteiger partial charge in [0.15, 0.2) is 0 Å². The highest BCUT2D eigenvalue weighted by atomic mass is 35.5. The molecule has 23 heavy (non-hydrogen) atoms. The average Bonchev–Trinajstić information content (AvgIpc) is 2.53. The molecule has 0 unspecified atom stereocenters. The molecule has 2 heterocycles. The Balaban J connectivity index is 1.95. The van der Waals surface area contributed by atoms with Crippen LogP contribution in [0, 0.1) is 0 Å². The lowest BCUT2D eigenvalue weighted by molar-refractivity contribution is 0.0240. The largest absolute Gasteiger partial charge is 0.444 e. The van der Waals surface area contributed by atoms with E-state index in [4.69, 9.17) is 16.5 Å². The van der Waals surface area contributed by atoms with Crippen LogP contribution in [0.2, 0.25) is 0 Å². The van der Waals surface area contributed by atoms with Crippen molar-refractivity contribution in [3.63, 3.8) is 0 Å². The normalized spacial score (nSPS) is 15.5. The van der Waals surface area contributed by atoms with E-state index in [2.05, 4.69) is 9.97 Å². The number of amides is 1. The quantitative estimate of drug-likeness (QED) is 0.787. The maximum absolute atomic E-state index is 12.1. The minimum Gasteiger partial charge on any atom is -0.444 e. The zero-order chi connectivity index (χ0) is 17.0. The molecule has 1 saturated heterocycles. The first-order chi connectivity index (χ1) is 10.8. The van der Waals surface area contributed by atoms with Crippen LogP contribution in [0.3, 0.4) is 0 Å². The van der Waals surface area contributed by atoms with Gasteiger partial charge in [0, 0.05) is 56.8 Å². The topological polar surface area (TPSA) is 61.8 Å². The Hall–Kier alpha value is -1.76. The molecule has 0 spiro atoms. The zero-order valence-electron chi connectivity index (χ0n) is 14.1. The molecular weight excluding hydrogens is 318 g/mol. The van der Waals surface area contributed by atoms with Gasteiger partial charge in [0.25, 0.3) is 0 Å². The lowest BCUT2D eigenvalue weighted by Gasteiger charge is -2.35.